The van der Waals surface area contributed by atoms with E-state index in [4.69, 9.17) is 0 Å². The third-order valence-corrected chi connectivity index (χ3v) is 3.78. The molecule has 0 saturated carbocycles. The van der Waals surface area contributed by atoms with Crippen molar-refractivity contribution in [3.05, 3.63) is 0 Å². The maximum Gasteiger partial charge on any atom is 0.322 e. The highest BCUT2D eigenvalue weighted by molar-refractivity contribution is 6.07. The molecule has 3 rings (SSSR count). The number of hydrogen-bond acceptors (Lipinski definition) is 3. The molecule has 0 aromatic carbocycles. The van der Waals surface area contributed by atoms with E-state index in [9.17, 15) is 9.59 Å². The van der Waals surface area contributed by atoms with Gasteiger partial charge in [0.05, 0.1) is 0 Å². The van der Waals surface area contributed by atoms with E-state index < -0.39 is 5.54 Å². The van der Waals surface area contributed by atoms with Crippen molar-refractivity contribution in [3.8, 4) is 0 Å². The molecular formula is C10H15N3O2. The standard InChI is InChI=1S/C10H15N3O2/c14-8-10(13-9(15)12-8)4-6-2-1-3-7(5-10)11-6/h6-7,11H,1-5H2,(H2,12,13,14,15). The maximum absolute atomic E-state index is 11.8. The van der Waals surface area contributed by atoms with Crippen LogP contribution in [0.5, 0.6) is 0 Å². The van der Waals surface area contributed by atoms with Crippen molar-refractivity contribution < 1.29 is 9.59 Å². The van der Waals surface area contributed by atoms with Gasteiger partial charge in [-0.15, -0.1) is 0 Å². The Balaban J connectivity index is 1.87. The number of hydrogen-bond donors (Lipinski definition) is 3. The summed E-state index contributed by atoms with van der Waals surface area (Å²) < 4.78 is 0. The average molecular weight is 209 g/mol. The molecule has 3 aliphatic heterocycles. The Morgan fingerprint density at radius 1 is 1.13 bits per heavy atom. The second kappa shape index (κ2) is 2.95. The molecule has 2 atom stereocenters. The zero-order valence-corrected chi connectivity index (χ0v) is 8.51. The summed E-state index contributed by atoms with van der Waals surface area (Å²) in [6.45, 7) is 0. The summed E-state index contributed by atoms with van der Waals surface area (Å²) in [6.07, 6.45) is 4.93. The Hall–Kier alpha value is -1.10. The lowest BCUT2D eigenvalue weighted by atomic mass is 9.75. The Kier molecular flexibility index (Phi) is 1.80. The molecule has 3 amide bonds. The van der Waals surface area contributed by atoms with E-state index in [-0.39, 0.29) is 11.9 Å². The molecule has 2 bridgehead atoms. The highest BCUT2D eigenvalue weighted by Crippen LogP contribution is 2.34. The van der Waals surface area contributed by atoms with Gasteiger partial charge < -0.3 is 10.6 Å². The van der Waals surface area contributed by atoms with Crippen LogP contribution in [0.15, 0.2) is 0 Å². The SMILES string of the molecule is O=C1NC(=O)C2(CC3CCCC(C2)N3)N1. The number of rotatable bonds is 0. The van der Waals surface area contributed by atoms with Crippen molar-refractivity contribution in [2.24, 2.45) is 0 Å². The van der Waals surface area contributed by atoms with Gasteiger partial charge in [-0.25, -0.2) is 4.79 Å². The lowest BCUT2D eigenvalue weighted by Crippen LogP contribution is -2.62. The number of carbonyl (C=O) groups excluding carboxylic acids is 2. The first kappa shape index (κ1) is 9.15. The third kappa shape index (κ3) is 1.33. The van der Waals surface area contributed by atoms with E-state index in [1.807, 2.05) is 0 Å². The molecule has 2 unspecified atom stereocenters. The summed E-state index contributed by atoms with van der Waals surface area (Å²) in [7, 11) is 0. The molecule has 15 heavy (non-hydrogen) atoms. The van der Waals surface area contributed by atoms with Gasteiger partial charge in [0.1, 0.15) is 5.54 Å². The fourth-order valence-corrected chi connectivity index (χ4v) is 3.17. The largest absolute Gasteiger partial charge is 0.323 e. The van der Waals surface area contributed by atoms with Crippen LogP contribution in [0.4, 0.5) is 4.79 Å². The normalized spacial score (nSPS) is 44.0. The molecule has 0 aliphatic carbocycles. The number of amides is 3. The maximum atomic E-state index is 11.8. The first-order valence-electron chi connectivity index (χ1n) is 5.58. The molecule has 0 radical (unpaired) electrons. The topological polar surface area (TPSA) is 70.2 Å². The van der Waals surface area contributed by atoms with Gasteiger partial charge >= 0.3 is 6.03 Å². The summed E-state index contributed by atoms with van der Waals surface area (Å²) in [4.78, 5) is 23.0. The van der Waals surface area contributed by atoms with Crippen molar-refractivity contribution in [3.63, 3.8) is 0 Å². The minimum Gasteiger partial charge on any atom is -0.323 e. The Morgan fingerprint density at radius 3 is 2.33 bits per heavy atom. The highest BCUT2D eigenvalue weighted by Gasteiger charge is 2.51. The smallest absolute Gasteiger partial charge is 0.322 e. The van der Waals surface area contributed by atoms with Crippen LogP contribution < -0.4 is 16.0 Å². The Bertz CT molecular complexity index is 317. The zero-order valence-electron chi connectivity index (χ0n) is 8.51. The zero-order chi connectivity index (χ0) is 10.5. The molecule has 5 heteroatoms. The average Bonchev–Trinajstić information content (AvgIpc) is 2.40. The third-order valence-electron chi connectivity index (χ3n) is 3.78. The van der Waals surface area contributed by atoms with Crippen LogP contribution in [0, 0.1) is 0 Å². The van der Waals surface area contributed by atoms with Gasteiger partial charge in [-0.2, -0.15) is 0 Å². The minimum absolute atomic E-state index is 0.133. The van der Waals surface area contributed by atoms with Gasteiger partial charge in [-0.05, 0) is 25.7 Å². The van der Waals surface area contributed by atoms with Crippen LogP contribution in [-0.4, -0.2) is 29.6 Å². The monoisotopic (exact) mass is 209 g/mol. The number of carbonyl (C=O) groups is 2. The molecule has 82 valence electrons. The van der Waals surface area contributed by atoms with Crippen molar-refractivity contribution in [1.82, 2.24) is 16.0 Å². The van der Waals surface area contributed by atoms with Crippen molar-refractivity contribution >= 4 is 11.9 Å². The quantitative estimate of drug-likeness (QED) is 0.487. The van der Waals surface area contributed by atoms with E-state index in [0.717, 1.165) is 25.7 Å². The minimum atomic E-state index is -0.613. The summed E-state index contributed by atoms with van der Waals surface area (Å²) >= 11 is 0. The first-order valence-corrected chi connectivity index (χ1v) is 5.58. The second-order valence-corrected chi connectivity index (χ2v) is 4.89. The molecule has 0 aromatic rings. The molecule has 1 spiro atoms. The summed E-state index contributed by atoms with van der Waals surface area (Å²) in [5, 5.41) is 8.67. The predicted octanol–water partition coefficient (Wildman–Crippen LogP) is -0.131. The molecule has 3 N–H and O–H groups in total. The predicted molar refractivity (Wildman–Crippen MR) is 53.2 cm³/mol. The highest BCUT2D eigenvalue weighted by atomic mass is 16.2. The molecule has 3 heterocycles. The van der Waals surface area contributed by atoms with E-state index >= 15 is 0 Å². The van der Waals surface area contributed by atoms with E-state index in [0.29, 0.717) is 12.1 Å². The fourth-order valence-electron chi connectivity index (χ4n) is 3.17. The van der Waals surface area contributed by atoms with Crippen LogP contribution in [0.1, 0.15) is 32.1 Å². The van der Waals surface area contributed by atoms with E-state index in [1.54, 1.807) is 0 Å². The summed E-state index contributed by atoms with van der Waals surface area (Å²) in [5.41, 5.74) is -0.613. The van der Waals surface area contributed by atoms with Gasteiger partial charge in [0.25, 0.3) is 5.91 Å². The van der Waals surface area contributed by atoms with Crippen molar-refractivity contribution in [1.29, 1.82) is 0 Å². The number of urea groups is 1. The first-order chi connectivity index (χ1) is 7.18. The fraction of sp³-hybridized carbons (Fsp3) is 0.800. The van der Waals surface area contributed by atoms with Crippen LogP contribution in [0.25, 0.3) is 0 Å². The molecule has 5 nitrogen and oxygen atoms in total. The van der Waals surface area contributed by atoms with Crippen LogP contribution in [-0.2, 0) is 4.79 Å². The number of piperidine rings is 2. The summed E-state index contributed by atoms with van der Waals surface area (Å²) in [5.74, 6) is -0.133. The molecule has 0 aromatic heterocycles. The van der Waals surface area contributed by atoms with Gasteiger partial charge in [0.2, 0.25) is 0 Å². The Labute approximate surface area is 88.0 Å². The van der Waals surface area contributed by atoms with Crippen molar-refractivity contribution in [2.75, 3.05) is 0 Å². The van der Waals surface area contributed by atoms with Gasteiger partial charge in [0, 0.05) is 12.1 Å². The van der Waals surface area contributed by atoms with Gasteiger partial charge in [0.15, 0.2) is 0 Å². The lowest BCUT2D eigenvalue weighted by molar-refractivity contribution is -0.126. The van der Waals surface area contributed by atoms with Gasteiger partial charge in [-0.1, -0.05) is 6.42 Å². The van der Waals surface area contributed by atoms with Gasteiger partial charge in [-0.3, -0.25) is 10.1 Å². The Morgan fingerprint density at radius 2 is 1.80 bits per heavy atom. The molecule has 3 aliphatic rings. The van der Waals surface area contributed by atoms with Crippen LogP contribution in [0.3, 0.4) is 0 Å². The van der Waals surface area contributed by atoms with Crippen LogP contribution in [0.2, 0.25) is 0 Å². The molecule has 3 saturated heterocycles. The molecular weight excluding hydrogens is 194 g/mol. The van der Waals surface area contributed by atoms with Crippen molar-refractivity contribution in [2.45, 2.75) is 49.7 Å². The molecule has 3 fully saturated rings. The number of nitrogens with one attached hydrogen (secondary N) is 3. The van der Waals surface area contributed by atoms with Crippen LogP contribution >= 0.6 is 0 Å². The number of fused-ring (bicyclic) bond motifs is 2. The van der Waals surface area contributed by atoms with E-state index in [2.05, 4.69) is 16.0 Å². The summed E-state index contributed by atoms with van der Waals surface area (Å²) in [6, 6.07) is 0.447. The second-order valence-electron chi connectivity index (χ2n) is 4.89. The van der Waals surface area contributed by atoms with E-state index in [1.165, 1.54) is 6.42 Å². The lowest BCUT2D eigenvalue weighted by Gasteiger charge is -2.44. The number of imide groups is 1.